The molecule has 0 aromatic heterocycles. The SMILES string of the molecule is CCCC(C)C1CCCCCC1CNC1CC1. The van der Waals surface area contributed by atoms with Gasteiger partial charge < -0.3 is 5.32 Å². The van der Waals surface area contributed by atoms with Crippen LogP contribution in [0.5, 0.6) is 0 Å². The molecular formula is C16H31N. The lowest BCUT2D eigenvalue weighted by Crippen LogP contribution is -2.32. The highest BCUT2D eigenvalue weighted by Crippen LogP contribution is 2.36. The zero-order valence-corrected chi connectivity index (χ0v) is 11.9. The second-order valence-electron chi connectivity index (χ2n) is 6.51. The lowest BCUT2D eigenvalue weighted by Gasteiger charge is -2.31. The molecule has 0 aliphatic heterocycles. The highest BCUT2D eigenvalue weighted by molar-refractivity contribution is 4.85. The van der Waals surface area contributed by atoms with Crippen LogP contribution in [0.15, 0.2) is 0 Å². The monoisotopic (exact) mass is 237 g/mol. The first-order valence-corrected chi connectivity index (χ1v) is 8.04. The maximum absolute atomic E-state index is 3.78. The molecule has 100 valence electrons. The van der Waals surface area contributed by atoms with Gasteiger partial charge in [0.1, 0.15) is 0 Å². The van der Waals surface area contributed by atoms with Gasteiger partial charge >= 0.3 is 0 Å². The predicted molar refractivity (Wildman–Crippen MR) is 75.2 cm³/mol. The summed E-state index contributed by atoms with van der Waals surface area (Å²) < 4.78 is 0. The summed E-state index contributed by atoms with van der Waals surface area (Å²) in [5, 5.41) is 3.78. The van der Waals surface area contributed by atoms with Gasteiger partial charge in [0, 0.05) is 6.04 Å². The lowest BCUT2D eigenvalue weighted by atomic mass is 9.77. The van der Waals surface area contributed by atoms with Gasteiger partial charge in [0.2, 0.25) is 0 Å². The first-order chi connectivity index (χ1) is 8.31. The molecule has 0 aromatic rings. The van der Waals surface area contributed by atoms with Gasteiger partial charge in [-0.2, -0.15) is 0 Å². The molecule has 1 nitrogen and oxygen atoms in total. The van der Waals surface area contributed by atoms with Crippen LogP contribution in [-0.2, 0) is 0 Å². The van der Waals surface area contributed by atoms with E-state index in [1.54, 1.807) is 0 Å². The molecule has 0 bridgehead atoms. The third kappa shape index (κ3) is 4.28. The quantitative estimate of drug-likeness (QED) is 0.676. The molecule has 17 heavy (non-hydrogen) atoms. The van der Waals surface area contributed by atoms with Crippen molar-refractivity contribution in [3.05, 3.63) is 0 Å². The Morgan fingerprint density at radius 1 is 1.06 bits per heavy atom. The van der Waals surface area contributed by atoms with Crippen LogP contribution >= 0.6 is 0 Å². The van der Waals surface area contributed by atoms with Crippen LogP contribution in [0.2, 0.25) is 0 Å². The van der Waals surface area contributed by atoms with Gasteiger partial charge in [0.25, 0.3) is 0 Å². The Hall–Kier alpha value is -0.0400. The van der Waals surface area contributed by atoms with E-state index in [2.05, 4.69) is 19.2 Å². The number of nitrogens with one attached hydrogen (secondary N) is 1. The minimum atomic E-state index is 0.889. The van der Waals surface area contributed by atoms with Crippen LogP contribution in [0.4, 0.5) is 0 Å². The highest BCUT2D eigenvalue weighted by Gasteiger charge is 2.29. The van der Waals surface area contributed by atoms with Crippen molar-refractivity contribution in [1.29, 1.82) is 0 Å². The summed E-state index contributed by atoms with van der Waals surface area (Å²) >= 11 is 0. The summed E-state index contributed by atoms with van der Waals surface area (Å²) in [5.74, 6) is 2.92. The van der Waals surface area contributed by atoms with Crippen molar-refractivity contribution in [1.82, 2.24) is 5.32 Å². The summed E-state index contributed by atoms with van der Waals surface area (Å²) in [6, 6.07) is 0.889. The van der Waals surface area contributed by atoms with Gasteiger partial charge in [0.05, 0.1) is 0 Å². The van der Waals surface area contributed by atoms with E-state index in [4.69, 9.17) is 0 Å². The lowest BCUT2D eigenvalue weighted by molar-refractivity contribution is 0.208. The fraction of sp³-hybridized carbons (Fsp3) is 1.00. The van der Waals surface area contributed by atoms with Crippen LogP contribution in [0.1, 0.15) is 71.6 Å². The molecule has 2 aliphatic rings. The number of hydrogen-bond donors (Lipinski definition) is 1. The van der Waals surface area contributed by atoms with E-state index in [-0.39, 0.29) is 0 Å². The Morgan fingerprint density at radius 3 is 2.53 bits per heavy atom. The van der Waals surface area contributed by atoms with E-state index < -0.39 is 0 Å². The van der Waals surface area contributed by atoms with Crippen molar-refractivity contribution in [2.45, 2.75) is 77.7 Å². The van der Waals surface area contributed by atoms with Crippen LogP contribution in [0.25, 0.3) is 0 Å². The molecule has 1 N–H and O–H groups in total. The predicted octanol–water partition coefficient (Wildman–Crippen LogP) is 4.37. The fourth-order valence-corrected chi connectivity index (χ4v) is 3.69. The molecule has 0 heterocycles. The fourth-order valence-electron chi connectivity index (χ4n) is 3.69. The highest BCUT2D eigenvalue weighted by atomic mass is 14.9. The summed E-state index contributed by atoms with van der Waals surface area (Å²) in [4.78, 5) is 0. The molecule has 3 unspecified atom stereocenters. The summed E-state index contributed by atoms with van der Waals surface area (Å²) in [5.41, 5.74) is 0. The first-order valence-electron chi connectivity index (χ1n) is 8.04. The van der Waals surface area contributed by atoms with Crippen molar-refractivity contribution in [2.75, 3.05) is 6.54 Å². The van der Waals surface area contributed by atoms with Crippen molar-refractivity contribution < 1.29 is 0 Å². The van der Waals surface area contributed by atoms with Gasteiger partial charge in [-0.15, -0.1) is 0 Å². The van der Waals surface area contributed by atoms with Gasteiger partial charge in [-0.3, -0.25) is 0 Å². The van der Waals surface area contributed by atoms with Gasteiger partial charge in [-0.25, -0.2) is 0 Å². The van der Waals surface area contributed by atoms with E-state index in [9.17, 15) is 0 Å². The Morgan fingerprint density at radius 2 is 1.82 bits per heavy atom. The van der Waals surface area contributed by atoms with Crippen LogP contribution in [0.3, 0.4) is 0 Å². The minimum absolute atomic E-state index is 0.889. The van der Waals surface area contributed by atoms with Gasteiger partial charge in [-0.05, 0) is 50.0 Å². The summed E-state index contributed by atoms with van der Waals surface area (Å²) in [6.07, 6.45) is 13.1. The summed E-state index contributed by atoms with van der Waals surface area (Å²) in [7, 11) is 0. The average molecular weight is 237 g/mol. The zero-order valence-electron chi connectivity index (χ0n) is 11.9. The Balaban J connectivity index is 1.85. The second-order valence-corrected chi connectivity index (χ2v) is 6.51. The van der Waals surface area contributed by atoms with Crippen molar-refractivity contribution >= 4 is 0 Å². The Bertz CT molecular complexity index is 210. The largest absolute Gasteiger partial charge is 0.314 e. The van der Waals surface area contributed by atoms with E-state index in [1.165, 1.54) is 64.3 Å². The van der Waals surface area contributed by atoms with Crippen LogP contribution in [0, 0.1) is 17.8 Å². The first kappa shape index (κ1) is 13.4. The van der Waals surface area contributed by atoms with Crippen LogP contribution in [-0.4, -0.2) is 12.6 Å². The zero-order chi connectivity index (χ0) is 12.1. The normalized spacial score (nSPS) is 32.1. The molecule has 3 atom stereocenters. The Labute approximate surface area is 108 Å². The maximum Gasteiger partial charge on any atom is 0.00683 e. The van der Waals surface area contributed by atoms with Gasteiger partial charge in [0.15, 0.2) is 0 Å². The van der Waals surface area contributed by atoms with Crippen molar-refractivity contribution in [3.63, 3.8) is 0 Å². The minimum Gasteiger partial charge on any atom is -0.314 e. The third-order valence-corrected chi connectivity index (χ3v) is 4.94. The van der Waals surface area contributed by atoms with E-state index >= 15 is 0 Å². The van der Waals surface area contributed by atoms with Crippen molar-refractivity contribution in [3.8, 4) is 0 Å². The standard InChI is InChI=1S/C16H31N/c1-3-7-13(2)16-9-6-4-5-8-14(16)12-17-15-10-11-15/h13-17H,3-12H2,1-2H3. The average Bonchev–Trinajstić information content (AvgIpc) is 3.14. The molecular weight excluding hydrogens is 206 g/mol. The molecule has 0 saturated heterocycles. The maximum atomic E-state index is 3.78. The smallest absolute Gasteiger partial charge is 0.00683 e. The molecule has 2 rings (SSSR count). The van der Waals surface area contributed by atoms with E-state index in [1.807, 2.05) is 0 Å². The molecule has 0 radical (unpaired) electrons. The Kier molecular flexibility index (Phi) is 5.34. The van der Waals surface area contributed by atoms with Gasteiger partial charge in [-0.1, -0.05) is 46.0 Å². The molecule has 0 amide bonds. The number of rotatable bonds is 6. The molecule has 2 aliphatic carbocycles. The molecule has 2 saturated carbocycles. The molecule has 0 aromatic carbocycles. The van der Waals surface area contributed by atoms with Crippen molar-refractivity contribution in [2.24, 2.45) is 17.8 Å². The third-order valence-electron chi connectivity index (χ3n) is 4.94. The van der Waals surface area contributed by atoms with Crippen LogP contribution < -0.4 is 5.32 Å². The molecule has 0 spiro atoms. The van der Waals surface area contributed by atoms with E-state index in [0.29, 0.717) is 0 Å². The summed E-state index contributed by atoms with van der Waals surface area (Å²) in [6.45, 7) is 6.15. The molecule has 2 fully saturated rings. The van der Waals surface area contributed by atoms with E-state index in [0.717, 1.165) is 23.8 Å². The topological polar surface area (TPSA) is 12.0 Å². The second kappa shape index (κ2) is 6.78. The number of hydrogen-bond acceptors (Lipinski definition) is 1. The molecule has 1 heteroatoms.